The minimum absolute atomic E-state index is 0.127. The highest BCUT2D eigenvalue weighted by Gasteiger charge is 2.18. The van der Waals surface area contributed by atoms with E-state index in [1.807, 2.05) is 0 Å². The first kappa shape index (κ1) is 15.2. The highest BCUT2D eigenvalue weighted by Crippen LogP contribution is 2.26. The van der Waals surface area contributed by atoms with Gasteiger partial charge in [0, 0.05) is 11.6 Å². The van der Waals surface area contributed by atoms with Crippen LogP contribution in [0.4, 0.5) is 10.1 Å². The van der Waals surface area contributed by atoms with Crippen LogP contribution in [0.2, 0.25) is 5.02 Å². The monoisotopic (exact) mass is 334 g/mol. The SMILES string of the molecule is CNCc1csc(S(=O)(=O)Nc2cc(Cl)ccc2F)c1. The van der Waals surface area contributed by atoms with E-state index in [1.54, 1.807) is 18.5 Å². The van der Waals surface area contributed by atoms with E-state index in [1.165, 1.54) is 12.1 Å². The highest BCUT2D eigenvalue weighted by molar-refractivity contribution is 7.94. The number of hydrogen-bond donors (Lipinski definition) is 2. The van der Waals surface area contributed by atoms with Crippen molar-refractivity contribution in [2.24, 2.45) is 0 Å². The Morgan fingerprint density at radius 1 is 1.35 bits per heavy atom. The molecule has 2 rings (SSSR count). The number of hydrogen-bond acceptors (Lipinski definition) is 4. The second kappa shape index (κ2) is 6.09. The Morgan fingerprint density at radius 2 is 2.10 bits per heavy atom. The molecule has 1 heterocycles. The van der Waals surface area contributed by atoms with Crippen molar-refractivity contribution in [2.75, 3.05) is 11.8 Å². The molecular formula is C12H12ClFN2O2S2. The zero-order valence-corrected chi connectivity index (χ0v) is 12.9. The van der Waals surface area contributed by atoms with Crippen LogP contribution in [0.15, 0.2) is 33.9 Å². The maximum atomic E-state index is 13.5. The summed E-state index contributed by atoms with van der Waals surface area (Å²) < 4.78 is 40.2. The van der Waals surface area contributed by atoms with Crippen molar-refractivity contribution in [2.45, 2.75) is 10.8 Å². The lowest BCUT2D eigenvalue weighted by Crippen LogP contribution is -2.12. The minimum Gasteiger partial charge on any atom is -0.316 e. The summed E-state index contributed by atoms with van der Waals surface area (Å²) in [5.74, 6) is -0.676. The molecule has 0 fully saturated rings. The quantitative estimate of drug-likeness (QED) is 0.883. The molecular weight excluding hydrogens is 323 g/mol. The molecule has 0 aliphatic carbocycles. The van der Waals surface area contributed by atoms with E-state index in [0.29, 0.717) is 6.54 Å². The molecule has 0 radical (unpaired) electrons. The number of anilines is 1. The molecule has 1 aromatic carbocycles. The molecule has 0 amide bonds. The van der Waals surface area contributed by atoms with Crippen molar-refractivity contribution in [1.29, 1.82) is 0 Å². The number of rotatable bonds is 5. The van der Waals surface area contributed by atoms with Crippen LogP contribution in [0.3, 0.4) is 0 Å². The van der Waals surface area contributed by atoms with Gasteiger partial charge in [0.2, 0.25) is 0 Å². The van der Waals surface area contributed by atoms with Gasteiger partial charge >= 0.3 is 0 Å². The molecule has 20 heavy (non-hydrogen) atoms. The molecule has 0 atom stereocenters. The van der Waals surface area contributed by atoms with E-state index in [2.05, 4.69) is 10.0 Å². The van der Waals surface area contributed by atoms with Crippen LogP contribution in [0.1, 0.15) is 5.56 Å². The molecule has 0 aliphatic heterocycles. The third kappa shape index (κ3) is 3.49. The Bertz CT molecular complexity index is 716. The molecule has 0 saturated carbocycles. The first-order chi connectivity index (χ1) is 9.42. The highest BCUT2D eigenvalue weighted by atomic mass is 35.5. The normalized spacial score (nSPS) is 11.6. The van der Waals surface area contributed by atoms with Crippen LogP contribution >= 0.6 is 22.9 Å². The predicted molar refractivity (Wildman–Crippen MR) is 79.3 cm³/mol. The van der Waals surface area contributed by atoms with E-state index in [4.69, 9.17) is 11.6 Å². The molecule has 2 N–H and O–H groups in total. The molecule has 108 valence electrons. The van der Waals surface area contributed by atoms with E-state index in [9.17, 15) is 12.8 Å². The summed E-state index contributed by atoms with van der Waals surface area (Å²) in [4.78, 5) is 0. The second-order valence-corrected chi connectivity index (χ2v) is 7.29. The number of nitrogens with one attached hydrogen (secondary N) is 2. The number of thiophene rings is 1. The van der Waals surface area contributed by atoms with Gasteiger partial charge < -0.3 is 5.32 Å². The molecule has 0 spiro atoms. The summed E-state index contributed by atoms with van der Waals surface area (Å²) in [7, 11) is -2.04. The molecule has 2 aromatic rings. The zero-order chi connectivity index (χ0) is 14.8. The fourth-order valence-corrected chi connectivity index (χ4v) is 4.00. The summed E-state index contributed by atoms with van der Waals surface area (Å²) in [6, 6.07) is 5.24. The fourth-order valence-electron chi connectivity index (χ4n) is 1.56. The lowest BCUT2D eigenvalue weighted by molar-refractivity contribution is 0.600. The minimum atomic E-state index is -3.81. The fraction of sp³-hybridized carbons (Fsp3) is 0.167. The van der Waals surface area contributed by atoms with Gasteiger partial charge in [0.05, 0.1) is 5.69 Å². The standard InChI is InChI=1S/C12H12ClFN2O2S2/c1-15-6-8-4-12(19-7-8)20(17,18)16-11-5-9(13)2-3-10(11)14/h2-5,7,15-16H,6H2,1H3. The summed E-state index contributed by atoms with van der Waals surface area (Å²) in [5.41, 5.74) is 0.686. The molecule has 4 nitrogen and oxygen atoms in total. The Labute approximate surface area is 125 Å². The van der Waals surface area contributed by atoms with Crippen molar-refractivity contribution in [3.05, 3.63) is 46.0 Å². The van der Waals surface area contributed by atoms with Crippen molar-refractivity contribution < 1.29 is 12.8 Å². The Balaban J connectivity index is 2.28. The number of sulfonamides is 1. The summed E-state index contributed by atoms with van der Waals surface area (Å²) in [5, 5.41) is 4.92. The lowest BCUT2D eigenvalue weighted by atomic mass is 10.3. The Morgan fingerprint density at radius 3 is 2.80 bits per heavy atom. The third-order valence-corrected chi connectivity index (χ3v) is 5.54. The van der Waals surface area contributed by atoms with E-state index >= 15 is 0 Å². The largest absolute Gasteiger partial charge is 0.316 e. The third-order valence-electron chi connectivity index (χ3n) is 2.45. The van der Waals surface area contributed by atoms with Gasteiger partial charge in [0.1, 0.15) is 10.0 Å². The van der Waals surface area contributed by atoms with Crippen LogP contribution in [0.25, 0.3) is 0 Å². The van der Waals surface area contributed by atoms with Crippen LogP contribution in [-0.4, -0.2) is 15.5 Å². The average molecular weight is 335 g/mol. The molecule has 0 aliphatic rings. The van der Waals surface area contributed by atoms with Crippen LogP contribution in [0.5, 0.6) is 0 Å². The van der Waals surface area contributed by atoms with Crippen LogP contribution < -0.4 is 10.0 Å². The van der Waals surface area contributed by atoms with Crippen LogP contribution in [0, 0.1) is 5.82 Å². The van der Waals surface area contributed by atoms with Gasteiger partial charge in [-0.25, -0.2) is 12.8 Å². The van der Waals surface area contributed by atoms with Gasteiger partial charge in [0.25, 0.3) is 10.0 Å². The van der Waals surface area contributed by atoms with Gasteiger partial charge in [0.15, 0.2) is 0 Å². The van der Waals surface area contributed by atoms with Crippen molar-refractivity contribution in [3.63, 3.8) is 0 Å². The lowest BCUT2D eigenvalue weighted by Gasteiger charge is -2.07. The summed E-state index contributed by atoms with van der Waals surface area (Å²) >= 11 is 6.81. The smallest absolute Gasteiger partial charge is 0.271 e. The van der Waals surface area contributed by atoms with Gasteiger partial charge in [-0.15, -0.1) is 11.3 Å². The van der Waals surface area contributed by atoms with E-state index in [-0.39, 0.29) is 14.9 Å². The van der Waals surface area contributed by atoms with Crippen molar-refractivity contribution in [3.8, 4) is 0 Å². The second-order valence-electron chi connectivity index (χ2n) is 4.03. The molecule has 8 heteroatoms. The van der Waals surface area contributed by atoms with Gasteiger partial charge in [-0.3, -0.25) is 4.72 Å². The molecule has 1 aromatic heterocycles. The van der Waals surface area contributed by atoms with Crippen molar-refractivity contribution in [1.82, 2.24) is 5.32 Å². The number of benzene rings is 1. The first-order valence-corrected chi connectivity index (χ1v) is 8.36. The first-order valence-electron chi connectivity index (χ1n) is 5.62. The van der Waals surface area contributed by atoms with Gasteiger partial charge in [-0.05, 0) is 42.3 Å². The maximum absolute atomic E-state index is 13.5. The summed E-state index contributed by atoms with van der Waals surface area (Å²) in [6.45, 7) is 0.567. The Hall–Kier alpha value is -1.15. The van der Waals surface area contributed by atoms with E-state index in [0.717, 1.165) is 23.0 Å². The zero-order valence-electron chi connectivity index (χ0n) is 10.5. The van der Waals surface area contributed by atoms with E-state index < -0.39 is 15.8 Å². The summed E-state index contributed by atoms with van der Waals surface area (Å²) in [6.07, 6.45) is 0. The van der Waals surface area contributed by atoms with Gasteiger partial charge in [-0.2, -0.15) is 0 Å². The average Bonchev–Trinajstić information content (AvgIpc) is 2.83. The maximum Gasteiger partial charge on any atom is 0.271 e. The van der Waals surface area contributed by atoms with Crippen molar-refractivity contribution >= 4 is 38.6 Å². The predicted octanol–water partition coefficient (Wildman–Crippen LogP) is 3.06. The molecule has 0 bridgehead atoms. The Kier molecular flexibility index (Phi) is 4.64. The number of halogens is 2. The van der Waals surface area contributed by atoms with Crippen LogP contribution in [-0.2, 0) is 16.6 Å². The van der Waals surface area contributed by atoms with Gasteiger partial charge in [-0.1, -0.05) is 11.6 Å². The topological polar surface area (TPSA) is 58.2 Å². The molecule has 0 unspecified atom stereocenters. The molecule has 0 saturated heterocycles.